The molecule has 1 aromatic heterocycles. The Kier molecular flexibility index (Phi) is 5.93. The van der Waals surface area contributed by atoms with Crippen LogP contribution in [0.3, 0.4) is 0 Å². The second-order valence-electron chi connectivity index (χ2n) is 4.02. The van der Waals surface area contributed by atoms with E-state index in [0.717, 1.165) is 11.4 Å². The van der Waals surface area contributed by atoms with E-state index >= 15 is 0 Å². The second kappa shape index (κ2) is 7.50. The fraction of sp³-hybridized carbons (Fsp3) is 0.500. The summed E-state index contributed by atoms with van der Waals surface area (Å²) in [4.78, 5) is 17.5. The number of carbonyl (C=O) groups excluding carboxylic acids is 1. The maximum Gasteiger partial charge on any atom is 0.315 e. The zero-order valence-corrected chi connectivity index (χ0v) is 11.1. The molecule has 0 radical (unpaired) electrons. The lowest BCUT2D eigenvalue weighted by Gasteiger charge is -2.12. The van der Waals surface area contributed by atoms with Gasteiger partial charge in [0.25, 0.3) is 0 Å². The van der Waals surface area contributed by atoms with Crippen molar-refractivity contribution in [2.75, 3.05) is 39.3 Å². The van der Waals surface area contributed by atoms with Crippen LogP contribution in [0.4, 0.5) is 10.6 Å². The van der Waals surface area contributed by atoms with Gasteiger partial charge in [-0.25, -0.2) is 9.78 Å². The van der Waals surface area contributed by atoms with E-state index in [0.29, 0.717) is 19.7 Å². The number of amides is 2. The van der Waals surface area contributed by atoms with Crippen molar-refractivity contribution in [1.82, 2.24) is 15.6 Å². The summed E-state index contributed by atoms with van der Waals surface area (Å²) in [7, 11) is 5.45. The summed E-state index contributed by atoms with van der Waals surface area (Å²) < 4.78 is 4.84. The van der Waals surface area contributed by atoms with E-state index in [1.807, 2.05) is 31.1 Å². The average molecular weight is 252 g/mol. The molecule has 0 aliphatic carbocycles. The molecular weight excluding hydrogens is 232 g/mol. The summed E-state index contributed by atoms with van der Waals surface area (Å²) in [6, 6.07) is 3.62. The third-order valence-electron chi connectivity index (χ3n) is 2.31. The molecule has 2 amide bonds. The number of anilines is 1. The highest BCUT2D eigenvalue weighted by Crippen LogP contribution is 2.08. The number of rotatable bonds is 6. The van der Waals surface area contributed by atoms with Crippen LogP contribution >= 0.6 is 0 Å². The molecule has 18 heavy (non-hydrogen) atoms. The minimum Gasteiger partial charge on any atom is -0.383 e. The highest BCUT2D eigenvalue weighted by molar-refractivity contribution is 5.73. The number of nitrogens with zero attached hydrogens (tertiary/aromatic N) is 2. The van der Waals surface area contributed by atoms with Crippen LogP contribution in [0, 0.1) is 0 Å². The molecule has 0 bridgehead atoms. The maximum atomic E-state index is 11.4. The summed E-state index contributed by atoms with van der Waals surface area (Å²) in [5.41, 5.74) is 1.01. The Hall–Kier alpha value is -1.82. The van der Waals surface area contributed by atoms with E-state index in [9.17, 15) is 4.79 Å². The Morgan fingerprint density at radius 2 is 2.22 bits per heavy atom. The number of ether oxygens (including phenoxy) is 1. The number of nitrogens with one attached hydrogen (secondary N) is 2. The largest absolute Gasteiger partial charge is 0.383 e. The lowest BCUT2D eigenvalue weighted by Crippen LogP contribution is -2.36. The Labute approximate surface area is 107 Å². The van der Waals surface area contributed by atoms with Gasteiger partial charge in [0.2, 0.25) is 0 Å². The molecule has 100 valence electrons. The molecule has 0 unspecified atom stereocenters. The van der Waals surface area contributed by atoms with E-state index < -0.39 is 0 Å². The molecule has 0 atom stereocenters. The SMILES string of the molecule is COCCNC(=O)NCc1ccnc(N(C)C)c1. The molecule has 0 aliphatic rings. The maximum absolute atomic E-state index is 11.4. The molecule has 0 spiro atoms. The van der Waals surface area contributed by atoms with Crippen molar-refractivity contribution in [3.63, 3.8) is 0 Å². The number of pyridine rings is 1. The number of urea groups is 1. The van der Waals surface area contributed by atoms with Crippen LogP contribution in [0.15, 0.2) is 18.3 Å². The van der Waals surface area contributed by atoms with E-state index in [1.165, 1.54) is 0 Å². The molecule has 0 aromatic carbocycles. The lowest BCUT2D eigenvalue weighted by atomic mass is 10.2. The van der Waals surface area contributed by atoms with Crippen molar-refractivity contribution >= 4 is 11.8 Å². The summed E-state index contributed by atoms with van der Waals surface area (Å²) in [6.45, 7) is 1.48. The predicted octanol–water partition coefficient (Wildman–Crippen LogP) is 0.593. The molecule has 6 heteroatoms. The van der Waals surface area contributed by atoms with Crippen LogP contribution in [0.5, 0.6) is 0 Å². The molecular formula is C12H20N4O2. The summed E-state index contributed by atoms with van der Waals surface area (Å²) >= 11 is 0. The van der Waals surface area contributed by atoms with Gasteiger partial charge in [-0.3, -0.25) is 0 Å². The first-order chi connectivity index (χ1) is 8.63. The lowest BCUT2D eigenvalue weighted by molar-refractivity contribution is 0.196. The van der Waals surface area contributed by atoms with Crippen LogP contribution in [0.2, 0.25) is 0 Å². The Morgan fingerprint density at radius 3 is 2.89 bits per heavy atom. The quantitative estimate of drug-likeness (QED) is 0.727. The van der Waals surface area contributed by atoms with Gasteiger partial charge in [0.15, 0.2) is 0 Å². The predicted molar refractivity (Wildman–Crippen MR) is 70.7 cm³/mol. The van der Waals surface area contributed by atoms with Gasteiger partial charge in [-0.05, 0) is 17.7 Å². The molecule has 0 aliphatic heterocycles. The number of methoxy groups -OCH3 is 1. The van der Waals surface area contributed by atoms with E-state index in [4.69, 9.17) is 4.74 Å². The third kappa shape index (κ3) is 5.01. The van der Waals surface area contributed by atoms with Gasteiger partial charge in [0.05, 0.1) is 6.61 Å². The number of aromatic nitrogens is 1. The first-order valence-corrected chi connectivity index (χ1v) is 5.76. The van der Waals surface area contributed by atoms with Crippen molar-refractivity contribution in [3.05, 3.63) is 23.9 Å². The van der Waals surface area contributed by atoms with Crippen molar-refractivity contribution in [3.8, 4) is 0 Å². The smallest absolute Gasteiger partial charge is 0.315 e. The molecule has 0 saturated heterocycles. The highest BCUT2D eigenvalue weighted by atomic mass is 16.5. The fourth-order valence-electron chi connectivity index (χ4n) is 1.33. The van der Waals surface area contributed by atoms with Crippen molar-refractivity contribution in [2.45, 2.75) is 6.54 Å². The van der Waals surface area contributed by atoms with Gasteiger partial charge in [0.1, 0.15) is 5.82 Å². The average Bonchev–Trinajstić information content (AvgIpc) is 2.37. The Balaban J connectivity index is 2.38. The molecule has 0 saturated carbocycles. The summed E-state index contributed by atoms with van der Waals surface area (Å²) in [5, 5.41) is 5.46. The molecule has 0 fully saturated rings. The fourth-order valence-corrected chi connectivity index (χ4v) is 1.33. The van der Waals surface area contributed by atoms with Crippen molar-refractivity contribution in [1.29, 1.82) is 0 Å². The molecule has 6 nitrogen and oxygen atoms in total. The van der Waals surface area contributed by atoms with Gasteiger partial charge in [-0.1, -0.05) is 0 Å². The summed E-state index contributed by atoms with van der Waals surface area (Å²) in [5.74, 6) is 0.870. The van der Waals surface area contributed by atoms with Gasteiger partial charge in [0, 0.05) is 40.5 Å². The van der Waals surface area contributed by atoms with Crippen molar-refractivity contribution < 1.29 is 9.53 Å². The van der Waals surface area contributed by atoms with Gasteiger partial charge in [-0.15, -0.1) is 0 Å². The minimum atomic E-state index is -0.199. The van der Waals surface area contributed by atoms with E-state index in [2.05, 4.69) is 15.6 Å². The van der Waals surface area contributed by atoms with Crippen LogP contribution < -0.4 is 15.5 Å². The van der Waals surface area contributed by atoms with Crippen LogP contribution in [-0.4, -0.2) is 45.4 Å². The van der Waals surface area contributed by atoms with Gasteiger partial charge >= 0.3 is 6.03 Å². The topological polar surface area (TPSA) is 66.5 Å². The second-order valence-corrected chi connectivity index (χ2v) is 4.02. The number of carbonyl (C=O) groups is 1. The number of hydrogen-bond donors (Lipinski definition) is 2. The normalized spacial score (nSPS) is 9.94. The van der Waals surface area contributed by atoms with Crippen molar-refractivity contribution in [2.24, 2.45) is 0 Å². The summed E-state index contributed by atoms with van der Waals surface area (Å²) in [6.07, 6.45) is 1.73. The highest BCUT2D eigenvalue weighted by Gasteiger charge is 2.02. The van der Waals surface area contributed by atoms with E-state index in [1.54, 1.807) is 13.3 Å². The zero-order valence-electron chi connectivity index (χ0n) is 11.1. The van der Waals surface area contributed by atoms with Crippen LogP contribution in [0.1, 0.15) is 5.56 Å². The number of hydrogen-bond acceptors (Lipinski definition) is 4. The molecule has 1 rings (SSSR count). The molecule has 1 heterocycles. The standard InChI is InChI=1S/C12H20N4O2/c1-16(2)11-8-10(4-5-13-11)9-15-12(17)14-6-7-18-3/h4-5,8H,6-7,9H2,1-3H3,(H2,14,15,17). The third-order valence-corrected chi connectivity index (χ3v) is 2.31. The first-order valence-electron chi connectivity index (χ1n) is 5.76. The minimum absolute atomic E-state index is 0.199. The molecule has 1 aromatic rings. The Morgan fingerprint density at radius 1 is 1.44 bits per heavy atom. The van der Waals surface area contributed by atoms with Gasteiger partial charge in [-0.2, -0.15) is 0 Å². The Bertz CT molecular complexity index is 382. The van der Waals surface area contributed by atoms with Crippen LogP contribution in [-0.2, 0) is 11.3 Å². The first kappa shape index (κ1) is 14.2. The molecule has 2 N–H and O–H groups in total. The monoisotopic (exact) mass is 252 g/mol. The van der Waals surface area contributed by atoms with E-state index in [-0.39, 0.29) is 6.03 Å². The van der Waals surface area contributed by atoms with Crippen LogP contribution in [0.25, 0.3) is 0 Å². The zero-order chi connectivity index (χ0) is 13.4. The van der Waals surface area contributed by atoms with Gasteiger partial charge < -0.3 is 20.3 Å².